The Morgan fingerprint density at radius 1 is 1.11 bits per heavy atom. The zero-order chi connectivity index (χ0) is 25.5. The summed E-state index contributed by atoms with van der Waals surface area (Å²) in [7, 11) is 2.56. The Balaban J connectivity index is 1.88. The summed E-state index contributed by atoms with van der Waals surface area (Å²) in [6, 6.07) is 7.56. The fraction of sp³-hybridized carbons (Fsp3) is 0.348. The number of nitrogens with one attached hydrogen (secondary N) is 1. The van der Waals surface area contributed by atoms with Gasteiger partial charge in [-0.25, -0.2) is 0 Å². The van der Waals surface area contributed by atoms with Crippen LogP contribution in [0.25, 0.3) is 22.4 Å². The molecule has 0 aliphatic carbocycles. The maximum atomic E-state index is 14.1. The van der Waals surface area contributed by atoms with Crippen LogP contribution in [0.4, 0.5) is 22.0 Å². The van der Waals surface area contributed by atoms with Gasteiger partial charge in [0.2, 0.25) is 0 Å². The highest BCUT2D eigenvalue weighted by Crippen LogP contribution is 2.48. The van der Waals surface area contributed by atoms with Crippen molar-refractivity contribution in [2.75, 3.05) is 13.1 Å². The molecule has 4 rings (SSSR count). The number of rotatable bonds is 5. The van der Waals surface area contributed by atoms with Crippen LogP contribution in [0.1, 0.15) is 24.1 Å². The first-order valence-corrected chi connectivity index (χ1v) is 11.6. The van der Waals surface area contributed by atoms with E-state index in [2.05, 4.69) is 10.4 Å². The zero-order valence-corrected chi connectivity index (χ0v) is 20.4. The molecule has 1 atom stereocenters. The lowest BCUT2D eigenvalue weighted by atomic mass is 9.96. The monoisotopic (exact) mass is 533 g/mol. The average molecular weight is 534 g/mol. The summed E-state index contributed by atoms with van der Waals surface area (Å²) in [6.45, 7) is 1.45. The van der Waals surface area contributed by atoms with Crippen LogP contribution >= 0.6 is 20.8 Å². The fourth-order valence-corrected chi connectivity index (χ4v) is 4.62. The van der Waals surface area contributed by atoms with Crippen molar-refractivity contribution in [1.82, 2.24) is 15.1 Å². The molecule has 1 unspecified atom stereocenters. The highest BCUT2D eigenvalue weighted by molar-refractivity contribution is 7.17. The number of halogens is 6. The Labute approximate surface area is 205 Å². The number of phenolic OH excluding ortho intramolecular Hbond substituents is 1. The number of hydrogen-bond donors (Lipinski definition) is 2. The van der Waals surface area contributed by atoms with Gasteiger partial charge in [-0.3, -0.25) is 4.68 Å². The third-order valence-electron chi connectivity index (χ3n) is 5.78. The number of hydrogen-bond acceptors (Lipinski definition) is 4. The average Bonchev–Trinajstić information content (AvgIpc) is 3.16. The number of aromatic nitrogens is 2. The van der Waals surface area contributed by atoms with Crippen LogP contribution in [0.3, 0.4) is 0 Å². The molecule has 5 nitrogen and oxygen atoms in total. The minimum absolute atomic E-state index is 0.00195. The zero-order valence-electron chi connectivity index (χ0n) is 18.5. The highest BCUT2D eigenvalue weighted by atomic mass is 35.5. The summed E-state index contributed by atoms with van der Waals surface area (Å²) in [5, 5.41) is 18.2. The van der Waals surface area contributed by atoms with Gasteiger partial charge >= 0.3 is 6.18 Å². The van der Waals surface area contributed by atoms with Crippen LogP contribution in [0.2, 0.25) is 5.02 Å². The molecule has 3 aromatic rings. The first kappa shape index (κ1) is 25.7. The molecular weight excluding hydrogens is 512 g/mol. The maximum absolute atomic E-state index is 14.1. The van der Waals surface area contributed by atoms with Crippen molar-refractivity contribution in [3.8, 4) is 33.9 Å². The Morgan fingerprint density at radius 3 is 2.40 bits per heavy atom. The van der Waals surface area contributed by atoms with Crippen LogP contribution in [0.5, 0.6) is 11.5 Å². The minimum Gasteiger partial charge on any atom is -0.506 e. The summed E-state index contributed by atoms with van der Waals surface area (Å²) in [5.74, 6) is -0.228. The van der Waals surface area contributed by atoms with Gasteiger partial charge < -0.3 is 15.2 Å². The molecule has 1 aliphatic rings. The van der Waals surface area contributed by atoms with Crippen molar-refractivity contribution in [2.24, 2.45) is 7.05 Å². The van der Waals surface area contributed by atoms with Crippen LogP contribution in [-0.4, -0.2) is 34.1 Å². The summed E-state index contributed by atoms with van der Waals surface area (Å²) in [6.07, 6.45) is -3.47. The molecule has 2 N–H and O–H groups in total. The lowest BCUT2D eigenvalue weighted by Gasteiger charge is -2.26. The van der Waals surface area contributed by atoms with Gasteiger partial charge in [-0.15, -0.1) is 0 Å². The number of ether oxygens (including phenoxy) is 1. The van der Waals surface area contributed by atoms with E-state index < -0.39 is 28.8 Å². The van der Waals surface area contributed by atoms with Gasteiger partial charge in [0, 0.05) is 18.2 Å². The SMILES string of the molecule is Cn1nc(-c2ccc(OC3CCNCC3)c(-c3ccc(Cl)c(C(F)(F)P)c3)c2O)cc1C(F)(F)F. The molecule has 12 heteroatoms. The van der Waals surface area contributed by atoms with E-state index in [9.17, 15) is 27.1 Å². The van der Waals surface area contributed by atoms with E-state index in [1.54, 1.807) is 0 Å². The Kier molecular flexibility index (Phi) is 7.01. The van der Waals surface area contributed by atoms with E-state index in [0.717, 1.165) is 32.3 Å². The van der Waals surface area contributed by atoms with Gasteiger partial charge in [0.1, 0.15) is 23.3 Å². The predicted molar refractivity (Wildman–Crippen MR) is 126 cm³/mol. The number of piperidine rings is 1. The number of phenols is 1. The van der Waals surface area contributed by atoms with Crippen LogP contribution in [-0.2, 0) is 18.9 Å². The van der Waals surface area contributed by atoms with E-state index in [4.69, 9.17) is 16.3 Å². The molecule has 0 amide bonds. The molecule has 1 aromatic heterocycles. The highest BCUT2D eigenvalue weighted by Gasteiger charge is 2.36. The van der Waals surface area contributed by atoms with Gasteiger partial charge in [0.25, 0.3) is 5.66 Å². The number of aromatic hydroxyl groups is 1. The first-order valence-electron chi connectivity index (χ1n) is 10.7. The van der Waals surface area contributed by atoms with E-state index in [0.29, 0.717) is 17.5 Å². The number of aryl methyl sites for hydroxylation is 1. The molecule has 1 fully saturated rings. The summed E-state index contributed by atoms with van der Waals surface area (Å²) in [5.41, 5.74) is -4.74. The first-order chi connectivity index (χ1) is 16.4. The second-order valence-corrected chi connectivity index (χ2v) is 9.39. The van der Waals surface area contributed by atoms with Gasteiger partial charge in [-0.1, -0.05) is 26.9 Å². The molecule has 2 heterocycles. The topological polar surface area (TPSA) is 59.3 Å². The third kappa shape index (κ3) is 5.39. The molecule has 35 heavy (non-hydrogen) atoms. The summed E-state index contributed by atoms with van der Waals surface area (Å²) >= 11 is 5.98. The van der Waals surface area contributed by atoms with Crippen molar-refractivity contribution in [1.29, 1.82) is 0 Å². The molecule has 1 aliphatic heterocycles. The molecular formula is C23H22ClF5N3O2P. The van der Waals surface area contributed by atoms with Gasteiger partial charge in [-0.2, -0.15) is 27.1 Å². The Hall–Kier alpha value is -2.42. The number of benzene rings is 2. The second-order valence-electron chi connectivity index (χ2n) is 8.26. The number of nitrogens with zero attached hydrogens (tertiary/aromatic N) is 2. The van der Waals surface area contributed by atoms with Crippen molar-refractivity contribution in [2.45, 2.75) is 30.8 Å². The van der Waals surface area contributed by atoms with E-state index >= 15 is 0 Å². The standard InChI is InChI=1S/C23H22ClF5N3O2P/c1-32-19(22(25,26)27)11-17(31-32)14-3-5-18(34-13-6-8-30-9-7-13)20(21(14)33)12-2-4-16(24)15(10-12)23(28,29)35/h2-5,10-11,13,30,33H,6-9,35H2,1H3. The minimum atomic E-state index is -4.65. The van der Waals surface area contributed by atoms with E-state index in [1.165, 1.54) is 33.5 Å². The fourth-order valence-electron chi connectivity index (χ4n) is 4.05. The van der Waals surface area contributed by atoms with Gasteiger partial charge in [0.05, 0.1) is 16.3 Å². The molecule has 0 radical (unpaired) electrons. The summed E-state index contributed by atoms with van der Waals surface area (Å²) < 4.78 is 75.0. The van der Waals surface area contributed by atoms with E-state index in [-0.39, 0.29) is 39.3 Å². The largest absolute Gasteiger partial charge is 0.506 e. The van der Waals surface area contributed by atoms with Gasteiger partial charge in [0.15, 0.2) is 0 Å². The molecule has 0 saturated carbocycles. The molecule has 2 aromatic carbocycles. The molecule has 188 valence electrons. The molecule has 1 saturated heterocycles. The molecule has 0 spiro atoms. The molecule has 0 bridgehead atoms. The van der Waals surface area contributed by atoms with Crippen molar-refractivity contribution in [3.63, 3.8) is 0 Å². The van der Waals surface area contributed by atoms with E-state index in [1.807, 2.05) is 0 Å². The summed E-state index contributed by atoms with van der Waals surface area (Å²) in [4.78, 5) is 0. The smallest absolute Gasteiger partial charge is 0.433 e. The van der Waals surface area contributed by atoms with Crippen LogP contribution < -0.4 is 10.1 Å². The Morgan fingerprint density at radius 2 is 1.80 bits per heavy atom. The maximum Gasteiger partial charge on any atom is 0.433 e. The quantitative estimate of drug-likeness (QED) is 0.303. The Bertz CT molecular complexity index is 1240. The predicted octanol–water partition coefficient (Wildman–Crippen LogP) is 6.19. The van der Waals surface area contributed by atoms with Crippen molar-refractivity contribution < 1.29 is 31.8 Å². The van der Waals surface area contributed by atoms with Gasteiger partial charge in [-0.05, 0) is 61.8 Å². The second kappa shape index (κ2) is 9.56. The third-order valence-corrected chi connectivity index (χ3v) is 6.42. The van der Waals surface area contributed by atoms with Crippen molar-refractivity contribution >= 4 is 20.8 Å². The van der Waals surface area contributed by atoms with Crippen LogP contribution in [0, 0.1) is 0 Å². The lowest BCUT2D eigenvalue weighted by molar-refractivity contribution is -0.143. The number of alkyl halides is 5. The van der Waals surface area contributed by atoms with Crippen molar-refractivity contribution in [3.05, 3.63) is 52.7 Å². The lowest BCUT2D eigenvalue weighted by Crippen LogP contribution is -2.34. The van der Waals surface area contributed by atoms with Crippen LogP contribution in [0.15, 0.2) is 36.4 Å². The normalized spacial score (nSPS) is 15.4.